The Kier molecular flexibility index (Phi) is 3.78. The Morgan fingerprint density at radius 3 is 2.56 bits per heavy atom. The van der Waals surface area contributed by atoms with Crippen LogP contribution in [-0.4, -0.2) is 27.4 Å². The summed E-state index contributed by atoms with van der Waals surface area (Å²) in [5, 5.41) is 20.8. The van der Waals surface area contributed by atoms with Crippen LogP contribution in [0.4, 0.5) is 0 Å². The van der Waals surface area contributed by atoms with Crippen LogP contribution in [0, 0.1) is 12.3 Å². The molecular weight excluding hydrogens is 226 g/mol. The molecule has 0 spiro atoms. The third-order valence-corrected chi connectivity index (χ3v) is 4.24. The van der Waals surface area contributed by atoms with Gasteiger partial charge in [0, 0.05) is 24.3 Å². The van der Waals surface area contributed by atoms with Crippen LogP contribution < -0.4 is 5.32 Å². The largest absolute Gasteiger partial charge is 0.389 e. The van der Waals surface area contributed by atoms with Crippen molar-refractivity contribution in [1.29, 1.82) is 0 Å². The van der Waals surface area contributed by atoms with E-state index in [1.54, 1.807) is 0 Å². The first-order valence-corrected chi connectivity index (χ1v) is 6.82. The van der Waals surface area contributed by atoms with E-state index in [2.05, 4.69) is 29.4 Å². The van der Waals surface area contributed by atoms with Gasteiger partial charge in [-0.15, -0.1) is 0 Å². The highest BCUT2D eigenvalue weighted by atomic mass is 16.3. The zero-order valence-electron chi connectivity index (χ0n) is 11.7. The van der Waals surface area contributed by atoms with E-state index in [0.29, 0.717) is 12.0 Å². The highest BCUT2D eigenvalue weighted by Crippen LogP contribution is 2.39. The highest BCUT2D eigenvalue weighted by molar-refractivity contribution is 5.13. The fourth-order valence-corrected chi connectivity index (χ4v) is 2.55. The molecule has 0 amide bonds. The van der Waals surface area contributed by atoms with E-state index in [9.17, 15) is 5.11 Å². The molecule has 1 aliphatic carbocycles. The molecule has 0 radical (unpaired) electrons. The molecular formula is C14H25N3O. The third kappa shape index (κ3) is 3.33. The molecule has 4 heteroatoms. The molecule has 0 unspecified atom stereocenters. The van der Waals surface area contributed by atoms with Crippen molar-refractivity contribution >= 4 is 0 Å². The number of aromatic amines is 1. The normalized spacial score (nSPS) is 22.0. The van der Waals surface area contributed by atoms with E-state index >= 15 is 0 Å². The predicted molar refractivity (Wildman–Crippen MR) is 72.2 cm³/mol. The maximum Gasteiger partial charge on any atom is 0.0772 e. The molecule has 0 aliphatic heterocycles. The van der Waals surface area contributed by atoms with Crippen LogP contribution in [0.3, 0.4) is 0 Å². The van der Waals surface area contributed by atoms with Crippen LogP contribution in [0.5, 0.6) is 0 Å². The number of hydrogen-bond acceptors (Lipinski definition) is 3. The van der Waals surface area contributed by atoms with Crippen LogP contribution in [-0.2, 0) is 6.54 Å². The number of hydrogen-bond donors (Lipinski definition) is 3. The minimum Gasteiger partial charge on any atom is -0.389 e. The minimum absolute atomic E-state index is 0.396. The van der Waals surface area contributed by atoms with Crippen molar-refractivity contribution in [3.05, 3.63) is 17.5 Å². The number of aryl methyl sites for hydroxylation is 1. The molecule has 1 aromatic heterocycles. The maximum absolute atomic E-state index is 10.5. The highest BCUT2D eigenvalue weighted by Gasteiger charge is 2.36. The first kappa shape index (κ1) is 13.6. The number of aliphatic hydroxyl groups is 1. The summed E-state index contributed by atoms with van der Waals surface area (Å²) in [5.41, 5.74) is 2.15. The zero-order valence-corrected chi connectivity index (χ0v) is 11.7. The zero-order chi connectivity index (χ0) is 13.2. The Morgan fingerprint density at radius 1 is 1.33 bits per heavy atom. The van der Waals surface area contributed by atoms with Crippen LogP contribution >= 0.6 is 0 Å². The molecule has 4 nitrogen and oxygen atoms in total. The van der Waals surface area contributed by atoms with Gasteiger partial charge in [-0.25, -0.2) is 0 Å². The lowest BCUT2D eigenvalue weighted by Crippen LogP contribution is -2.44. The topological polar surface area (TPSA) is 60.9 Å². The molecule has 102 valence electrons. The Morgan fingerprint density at radius 2 is 2.00 bits per heavy atom. The van der Waals surface area contributed by atoms with Crippen molar-refractivity contribution in [2.24, 2.45) is 5.41 Å². The van der Waals surface area contributed by atoms with Gasteiger partial charge in [0.15, 0.2) is 0 Å². The fraction of sp³-hybridized carbons (Fsp3) is 0.786. The van der Waals surface area contributed by atoms with Gasteiger partial charge >= 0.3 is 0 Å². The van der Waals surface area contributed by atoms with Crippen LogP contribution in [0.15, 0.2) is 6.20 Å². The summed E-state index contributed by atoms with van der Waals surface area (Å²) in [6.45, 7) is 8.03. The van der Waals surface area contributed by atoms with E-state index in [0.717, 1.165) is 37.9 Å². The van der Waals surface area contributed by atoms with Crippen LogP contribution in [0.1, 0.15) is 50.8 Å². The van der Waals surface area contributed by atoms with Gasteiger partial charge in [0.05, 0.1) is 11.8 Å². The lowest BCUT2D eigenvalue weighted by Gasteiger charge is -2.40. The van der Waals surface area contributed by atoms with E-state index in [-0.39, 0.29) is 0 Å². The molecule has 1 aromatic rings. The standard InChI is InChI=1S/C14H25N3O/c1-11-12(9-16-17-11)8-15-10-14(18)6-4-13(2,3)5-7-14/h9,15,18H,4-8,10H2,1-3H3,(H,16,17). The van der Waals surface area contributed by atoms with Gasteiger partial charge in [-0.1, -0.05) is 13.8 Å². The summed E-state index contributed by atoms with van der Waals surface area (Å²) in [6.07, 6.45) is 5.86. The summed E-state index contributed by atoms with van der Waals surface area (Å²) in [5.74, 6) is 0. The third-order valence-electron chi connectivity index (χ3n) is 4.24. The average molecular weight is 251 g/mol. The van der Waals surface area contributed by atoms with Crippen molar-refractivity contribution in [1.82, 2.24) is 15.5 Å². The van der Waals surface area contributed by atoms with Gasteiger partial charge in [0.2, 0.25) is 0 Å². The second kappa shape index (κ2) is 5.02. The quantitative estimate of drug-likeness (QED) is 0.768. The summed E-state index contributed by atoms with van der Waals surface area (Å²) < 4.78 is 0. The smallest absolute Gasteiger partial charge is 0.0772 e. The van der Waals surface area contributed by atoms with Crippen molar-refractivity contribution < 1.29 is 5.11 Å². The van der Waals surface area contributed by atoms with Gasteiger partial charge < -0.3 is 10.4 Å². The molecule has 0 aromatic carbocycles. The molecule has 1 fully saturated rings. The lowest BCUT2D eigenvalue weighted by atomic mass is 9.71. The molecule has 2 rings (SSSR count). The van der Waals surface area contributed by atoms with Crippen molar-refractivity contribution in [2.75, 3.05) is 6.54 Å². The average Bonchev–Trinajstić information content (AvgIpc) is 2.70. The lowest BCUT2D eigenvalue weighted by molar-refractivity contribution is -0.0245. The van der Waals surface area contributed by atoms with Gasteiger partial charge in [0.1, 0.15) is 0 Å². The second-order valence-corrected chi connectivity index (χ2v) is 6.51. The van der Waals surface area contributed by atoms with Crippen LogP contribution in [0.2, 0.25) is 0 Å². The molecule has 0 atom stereocenters. The number of nitrogens with zero attached hydrogens (tertiary/aromatic N) is 1. The molecule has 1 aliphatic rings. The van der Waals surface area contributed by atoms with Crippen LogP contribution in [0.25, 0.3) is 0 Å². The number of rotatable bonds is 4. The summed E-state index contributed by atoms with van der Waals surface area (Å²) in [6, 6.07) is 0. The number of H-pyrrole nitrogens is 1. The monoisotopic (exact) mass is 251 g/mol. The summed E-state index contributed by atoms with van der Waals surface area (Å²) in [4.78, 5) is 0. The maximum atomic E-state index is 10.5. The van der Waals surface area contributed by atoms with Crippen molar-refractivity contribution in [2.45, 2.75) is 58.6 Å². The SMILES string of the molecule is Cc1[nH]ncc1CNCC1(O)CCC(C)(C)CC1. The molecule has 0 bridgehead atoms. The van der Waals surface area contributed by atoms with Crippen molar-refractivity contribution in [3.8, 4) is 0 Å². The van der Waals surface area contributed by atoms with E-state index < -0.39 is 5.60 Å². The van der Waals surface area contributed by atoms with E-state index in [4.69, 9.17) is 0 Å². The summed E-state index contributed by atoms with van der Waals surface area (Å²) >= 11 is 0. The Labute approximate surface area is 109 Å². The van der Waals surface area contributed by atoms with Gasteiger partial charge in [-0.2, -0.15) is 5.10 Å². The fourth-order valence-electron chi connectivity index (χ4n) is 2.55. The number of nitrogens with one attached hydrogen (secondary N) is 2. The van der Waals surface area contributed by atoms with Crippen molar-refractivity contribution in [3.63, 3.8) is 0 Å². The first-order chi connectivity index (χ1) is 8.40. The molecule has 1 saturated carbocycles. The molecule has 1 heterocycles. The molecule has 3 N–H and O–H groups in total. The Hall–Kier alpha value is -0.870. The molecule has 18 heavy (non-hydrogen) atoms. The second-order valence-electron chi connectivity index (χ2n) is 6.51. The Bertz CT molecular complexity index is 387. The van der Waals surface area contributed by atoms with Gasteiger partial charge in [0.25, 0.3) is 0 Å². The predicted octanol–water partition coefficient (Wildman–Crippen LogP) is 2.14. The first-order valence-electron chi connectivity index (χ1n) is 6.82. The summed E-state index contributed by atoms with van der Waals surface area (Å²) in [7, 11) is 0. The van der Waals surface area contributed by atoms with Gasteiger partial charge in [-0.05, 0) is 38.0 Å². The molecule has 0 saturated heterocycles. The minimum atomic E-state index is -0.521. The van der Waals surface area contributed by atoms with Gasteiger partial charge in [-0.3, -0.25) is 5.10 Å². The van der Waals surface area contributed by atoms with E-state index in [1.165, 1.54) is 5.56 Å². The Balaban J connectivity index is 1.78. The number of aromatic nitrogens is 2. The van der Waals surface area contributed by atoms with E-state index in [1.807, 2.05) is 13.1 Å².